The van der Waals surface area contributed by atoms with Crippen LogP contribution in [0.25, 0.3) is 0 Å². The Morgan fingerprint density at radius 2 is 2.37 bits per heavy atom. The summed E-state index contributed by atoms with van der Waals surface area (Å²) in [5.41, 5.74) is -0.327. The summed E-state index contributed by atoms with van der Waals surface area (Å²) in [4.78, 5) is 25.3. The Labute approximate surface area is 114 Å². The highest BCUT2D eigenvalue weighted by Gasteiger charge is 2.16. The van der Waals surface area contributed by atoms with Crippen LogP contribution in [-0.2, 0) is 0 Å². The number of carbonyl (C=O) groups is 1. The van der Waals surface area contributed by atoms with E-state index in [4.69, 9.17) is 16.7 Å². The molecule has 0 spiro atoms. The third kappa shape index (κ3) is 4.80. The fourth-order valence-corrected chi connectivity index (χ4v) is 1.58. The van der Waals surface area contributed by atoms with Crippen molar-refractivity contribution in [3.63, 3.8) is 0 Å². The van der Waals surface area contributed by atoms with Gasteiger partial charge in [-0.15, -0.1) is 0 Å². The molecule has 8 heteroatoms. The lowest BCUT2D eigenvalue weighted by Gasteiger charge is -2.07. The minimum Gasteiger partial charge on any atom is -0.393 e. The molecule has 1 unspecified atom stereocenters. The van der Waals surface area contributed by atoms with E-state index < -0.39 is 16.9 Å². The molecule has 2 N–H and O–H groups in total. The van der Waals surface area contributed by atoms with E-state index in [-0.39, 0.29) is 16.4 Å². The zero-order valence-electron chi connectivity index (χ0n) is 10.3. The number of aromatic nitrogens is 1. The fraction of sp³-hybridized carbons (Fsp3) is 0.455. The SMILES string of the molecule is CC(O)CCCNC(=O)c1cc([N+](=O)[O-])cnc1Cl. The number of halogens is 1. The molecule has 0 saturated heterocycles. The van der Waals surface area contributed by atoms with Gasteiger partial charge in [0.25, 0.3) is 11.6 Å². The molecule has 1 amide bonds. The van der Waals surface area contributed by atoms with E-state index in [2.05, 4.69) is 10.3 Å². The van der Waals surface area contributed by atoms with E-state index in [0.717, 1.165) is 12.3 Å². The van der Waals surface area contributed by atoms with E-state index in [1.807, 2.05) is 0 Å². The minimum atomic E-state index is -0.645. The number of rotatable bonds is 6. The van der Waals surface area contributed by atoms with Crippen LogP contribution in [0.1, 0.15) is 30.1 Å². The van der Waals surface area contributed by atoms with Gasteiger partial charge in [0.2, 0.25) is 0 Å². The molecule has 0 fully saturated rings. The van der Waals surface area contributed by atoms with Crippen LogP contribution in [0.3, 0.4) is 0 Å². The topological polar surface area (TPSA) is 105 Å². The van der Waals surface area contributed by atoms with E-state index in [0.29, 0.717) is 19.4 Å². The number of pyridine rings is 1. The van der Waals surface area contributed by atoms with Gasteiger partial charge in [0.05, 0.1) is 16.6 Å². The van der Waals surface area contributed by atoms with Crippen molar-refractivity contribution in [3.8, 4) is 0 Å². The van der Waals surface area contributed by atoms with Crippen LogP contribution < -0.4 is 5.32 Å². The third-order valence-corrected chi connectivity index (χ3v) is 2.67. The second-order valence-corrected chi connectivity index (χ2v) is 4.39. The van der Waals surface area contributed by atoms with Gasteiger partial charge < -0.3 is 10.4 Å². The van der Waals surface area contributed by atoms with Gasteiger partial charge in [-0.2, -0.15) is 0 Å². The lowest BCUT2D eigenvalue weighted by atomic mass is 10.2. The highest BCUT2D eigenvalue weighted by molar-refractivity contribution is 6.32. The van der Waals surface area contributed by atoms with E-state index >= 15 is 0 Å². The number of aliphatic hydroxyl groups excluding tert-OH is 1. The molecule has 7 nitrogen and oxygen atoms in total. The summed E-state index contributed by atoms with van der Waals surface area (Å²) in [5.74, 6) is -0.521. The Hall–Kier alpha value is -1.73. The zero-order chi connectivity index (χ0) is 14.4. The molecule has 0 aliphatic rings. The largest absolute Gasteiger partial charge is 0.393 e. The van der Waals surface area contributed by atoms with Gasteiger partial charge >= 0.3 is 0 Å². The molecule has 0 aromatic carbocycles. The molecule has 1 heterocycles. The number of nitrogens with one attached hydrogen (secondary N) is 1. The van der Waals surface area contributed by atoms with Crippen molar-refractivity contribution in [2.45, 2.75) is 25.9 Å². The summed E-state index contributed by atoms with van der Waals surface area (Å²) in [6, 6.07) is 1.08. The van der Waals surface area contributed by atoms with Gasteiger partial charge in [0.1, 0.15) is 11.3 Å². The predicted molar refractivity (Wildman–Crippen MR) is 69.1 cm³/mol. The Balaban J connectivity index is 2.66. The summed E-state index contributed by atoms with van der Waals surface area (Å²) in [5, 5.41) is 22.1. The van der Waals surface area contributed by atoms with Gasteiger partial charge in [-0.1, -0.05) is 11.6 Å². The second kappa shape index (κ2) is 7.01. The number of hydrogen-bond donors (Lipinski definition) is 2. The fourth-order valence-electron chi connectivity index (χ4n) is 1.39. The maximum atomic E-state index is 11.8. The normalized spacial score (nSPS) is 11.9. The van der Waals surface area contributed by atoms with Gasteiger partial charge in [0.15, 0.2) is 0 Å². The first-order chi connectivity index (χ1) is 8.91. The average Bonchev–Trinajstić information content (AvgIpc) is 2.34. The lowest BCUT2D eigenvalue weighted by Crippen LogP contribution is -2.25. The zero-order valence-corrected chi connectivity index (χ0v) is 11.1. The van der Waals surface area contributed by atoms with Gasteiger partial charge in [0, 0.05) is 12.6 Å². The first kappa shape index (κ1) is 15.3. The van der Waals surface area contributed by atoms with Crippen molar-refractivity contribution in [1.29, 1.82) is 0 Å². The molecule has 0 saturated carbocycles. The molecular weight excluding hydrogens is 274 g/mol. The molecule has 1 rings (SSSR count). The Bertz CT molecular complexity index is 479. The quantitative estimate of drug-likeness (QED) is 0.357. The summed E-state index contributed by atoms with van der Waals surface area (Å²) >= 11 is 5.72. The van der Waals surface area contributed by atoms with Crippen molar-refractivity contribution in [3.05, 3.63) is 33.1 Å². The van der Waals surface area contributed by atoms with Crippen LogP contribution in [0, 0.1) is 10.1 Å². The van der Waals surface area contributed by atoms with Crippen LogP contribution >= 0.6 is 11.6 Å². The molecule has 0 radical (unpaired) electrons. The molecule has 1 atom stereocenters. The summed E-state index contributed by atoms with van der Waals surface area (Å²) < 4.78 is 0. The Kier molecular flexibility index (Phi) is 5.65. The van der Waals surface area contributed by atoms with Crippen molar-refractivity contribution in [2.75, 3.05) is 6.54 Å². The van der Waals surface area contributed by atoms with E-state index in [1.54, 1.807) is 6.92 Å². The first-order valence-corrected chi connectivity index (χ1v) is 6.06. The number of carbonyl (C=O) groups excluding carboxylic acids is 1. The standard InChI is InChI=1S/C11H14ClN3O4/c1-7(16)3-2-4-13-11(17)9-5-8(15(18)19)6-14-10(9)12/h5-7,16H,2-4H2,1H3,(H,13,17). The van der Waals surface area contributed by atoms with E-state index in [1.165, 1.54) is 0 Å². The Morgan fingerprint density at radius 3 is 2.95 bits per heavy atom. The number of amides is 1. The number of hydrogen-bond acceptors (Lipinski definition) is 5. The highest BCUT2D eigenvalue weighted by atomic mass is 35.5. The summed E-state index contributed by atoms with van der Waals surface area (Å²) in [6.07, 6.45) is 1.72. The molecule has 1 aromatic heterocycles. The third-order valence-electron chi connectivity index (χ3n) is 2.36. The molecule has 1 aromatic rings. The van der Waals surface area contributed by atoms with Crippen molar-refractivity contribution in [1.82, 2.24) is 10.3 Å². The summed E-state index contributed by atoms with van der Waals surface area (Å²) in [6.45, 7) is 2.01. The number of nitro groups is 1. The van der Waals surface area contributed by atoms with Gasteiger partial charge in [-0.05, 0) is 19.8 Å². The molecule has 104 valence electrons. The van der Waals surface area contributed by atoms with Crippen molar-refractivity contribution in [2.24, 2.45) is 0 Å². The maximum absolute atomic E-state index is 11.8. The van der Waals surface area contributed by atoms with Crippen molar-refractivity contribution >= 4 is 23.2 Å². The maximum Gasteiger partial charge on any atom is 0.288 e. The average molecular weight is 288 g/mol. The second-order valence-electron chi connectivity index (χ2n) is 4.04. The van der Waals surface area contributed by atoms with Gasteiger partial charge in [-0.3, -0.25) is 14.9 Å². The van der Waals surface area contributed by atoms with Crippen LogP contribution in [0.5, 0.6) is 0 Å². The molecule has 0 aliphatic carbocycles. The lowest BCUT2D eigenvalue weighted by molar-refractivity contribution is -0.385. The van der Waals surface area contributed by atoms with Crippen LogP contribution in [0.4, 0.5) is 5.69 Å². The molecule has 0 aliphatic heterocycles. The van der Waals surface area contributed by atoms with E-state index in [9.17, 15) is 14.9 Å². The summed E-state index contributed by atoms with van der Waals surface area (Å²) in [7, 11) is 0. The van der Waals surface area contributed by atoms with Crippen LogP contribution in [0.15, 0.2) is 12.3 Å². The minimum absolute atomic E-state index is 0.0343. The smallest absolute Gasteiger partial charge is 0.288 e. The van der Waals surface area contributed by atoms with Crippen LogP contribution in [0.2, 0.25) is 5.15 Å². The number of aliphatic hydroxyl groups is 1. The molecular formula is C11H14ClN3O4. The Morgan fingerprint density at radius 1 is 1.68 bits per heavy atom. The molecule has 0 bridgehead atoms. The predicted octanol–water partition coefficient (Wildman–Crippen LogP) is 1.53. The molecule has 19 heavy (non-hydrogen) atoms. The number of nitrogens with zero attached hydrogens (tertiary/aromatic N) is 2. The van der Waals surface area contributed by atoms with Gasteiger partial charge in [-0.25, -0.2) is 4.98 Å². The monoisotopic (exact) mass is 287 g/mol. The van der Waals surface area contributed by atoms with Crippen LogP contribution in [-0.4, -0.2) is 33.6 Å². The first-order valence-electron chi connectivity index (χ1n) is 5.68. The highest BCUT2D eigenvalue weighted by Crippen LogP contribution is 2.18. The van der Waals surface area contributed by atoms with Crippen molar-refractivity contribution < 1.29 is 14.8 Å².